The van der Waals surface area contributed by atoms with Crippen molar-refractivity contribution in [3.63, 3.8) is 0 Å². The van der Waals surface area contributed by atoms with E-state index in [0.29, 0.717) is 5.89 Å². The number of amides is 1. The third-order valence-corrected chi connectivity index (χ3v) is 2.56. The first-order chi connectivity index (χ1) is 8.19. The summed E-state index contributed by atoms with van der Waals surface area (Å²) in [6.07, 6.45) is -0.0277. The van der Waals surface area contributed by atoms with Crippen LogP contribution in [0.3, 0.4) is 0 Å². The van der Waals surface area contributed by atoms with Gasteiger partial charge in [-0.05, 0) is 24.3 Å². The van der Waals surface area contributed by atoms with Crippen molar-refractivity contribution < 1.29 is 9.21 Å². The Morgan fingerprint density at radius 1 is 1.35 bits per heavy atom. The molecule has 2 aromatic rings. The lowest BCUT2D eigenvalue weighted by atomic mass is 10.2. The first-order valence-corrected chi connectivity index (χ1v) is 5.56. The molecule has 0 saturated heterocycles. The lowest BCUT2D eigenvalue weighted by molar-refractivity contribution is -0.120. The summed E-state index contributed by atoms with van der Waals surface area (Å²) in [6, 6.07) is 7.41. The van der Waals surface area contributed by atoms with Crippen molar-refractivity contribution in [1.29, 1.82) is 0 Å². The summed E-state index contributed by atoms with van der Waals surface area (Å²) >= 11 is 3.33. The number of nitrogens with zero attached hydrogens (tertiary/aromatic N) is 2. The molecule has 2 rings (SSSR count). The average molecular weight is 297 g/mol. The topological polar surface area (TPSA) is 94.0 Å². The number of rotatable bonds is 3. The molecular formula is C10H9BrN4O2. The SMILES string of the molecule is NNC(=O)Cc1nnc(-c2ccc(Br)cc2)o1. The zero-order chi connectivity index (χ0) is 12.3. The molecule has 7 heteroatoms. The molecule has 0 spiro atoms. The van der Waals surface area contributed by atoms with E-state index in [4.69, 9.17) is 10.3 Å². The Balaban J connectivity index is 2.18. The number of nitrogens with one attached hydrogen (secondary N) is 1. The second kappa shape index (κ2) is 5.07. The molecule has 0 radical (unpaired) electrons. The molecule has 3 N–H and O–H groups in total. The molecule has 0 aliphatic heterocycles. The third kappa shape index (κ3) is 2.89. The molecule has 88 valence electrons. The maximum absolute atomic E-state index is 11.0. The number of carbonyl (C=O) groups excluding carboxylic acids is 1. The van der Waals surface area contributed by atoms with Crippen LogP contribution in [0.2, 0.25) is 0 Å². The molecular weight excluding hydrogens is 288 g/mol. The molecule has 0 aliphatic rings. The monoisotopic (exact) mass is 296 g/mol. The first kappa shape index (κ1) is 11.7. The lowest BCUT2D eigenvalue weighted by Gasteiger charge is -1.95. The molecule has 1 amide bonds. The fourth-order valence-electron chi connectivity index (χ4n) is 1.22. The molecule has 17 heavy (non-hydrogen) atoms. The quantitative estimate of drug-likeness (QED) is 0.501. The highest BCUT2D eigenvalue weighted by molar-refractivity contribution is 9.10. The Labute approximate surface area is 105 Å². The molecule has 0 saturated carbocycles. The average Bonchev–Trinajstić information content (AvgIpc) is 2.78. The fraction of sp³-hybridized carbons (Fsp3) is 0.100. The van der Waals surface area contributed by atoms with Crippen LogP contribution in [0.1, 0.15) is 5.89 Å². The Hall–Kier alpha value is -1.73. The van der Waals surface area contributed by atoms with Gasteiger partial charge in [-0.15, -0.1) is 10.2 Å². The lowest BCUT2D eigenvalue weighted by Crippen LogP contribution is -2.31. The van der Waals surface area contributed by atoms with Crippen LogP contribution in [-0.2, 0) is 11.2 Å². The minimum absolute atomic E-state index is 0.0277. The predicted octanol–water partition coefficient (Wildman–Crippen LogP) is 1.03. The van der Waals surface area contributed by atoms with Crippen LogP contribution < -0.4 is 11.3 Å². The summed E-state index contributed by atoms with van der Waals surface area (Å²) in [5.74, 6) is 5.18. The maximum Gasteiger partial charge on any atom is 0.247 e. The number of hydrazine groups is 1. The number of aromatic nitrogens is 2. The molecule has 1 aromatic carbocycles. The highest BCUT2D eigenvalue weighted by Gasteiger charge is 2.11. The van der Waals surface area contributed by atoms with Gasteiger partial charge in [0.15, 0.2) is 0 Å². The molecule has 0 aliphatic carbocycles. The van der Waals surface area contributed by atoms with Gasteiger partial charge >= 0.3 is 0 Å². The van der Waals surface area contributed by atoms with Crippen LogP contribution in [0.25, 0.3) is 11.5 Å². The van der Waals surface area contributed by atoms with Gasteiger partial charge in [0.1, 0.15) is 6.42 Å². The van der Waals surface area contributed by atoms with E-state index in [9.17, 15) is 4.79 Å². The van der Waals surface area contributed by atoms with Crippen molar-refractivity contribution in [2.45, 2.75) is 6.42 Å². The van der Waals surface area contributed by atoms with E-state index < -0.39 is 0 Å². The normalized spacial score (nSPS) is 10.2. The van der Waals surface area contributed by atoms with E-state index >= 15 is 0 Å². The largest absolute Gasteiger partial charge is 0.420 e. The summed E-state index contributed by atoms with van der Waals surface area (Å²) in [5.41, 5.74) is 2.79. The van der Waals surface area contributed by atoms with Crippen LogP contribution in [0, 0.1) is 0 Å². The molecule has 1 aromatic heterocycles. The van der Waals surface area contributed by atoms with E-state index in [1.54, 1.807) is 0 Å². The second-order valence-corrected chi connectivity index (χ2v) is 4.17. The Bertz CT molecular complexity index is 523. The second-order valence-electron chi connectivity index (χ2n) is 3.25. The smallest absolute Gasteiger partial charge is 0.247 e. The summed E-state index contributed by atoms with van der Waals surface area (Å²) < 4.78 is 6.29. The van der Waals surface area contributed by atoms with Crippen molar-refractivity contribution in [2.75, 3.05) is 0 Å². The third-order valence-electron chi connectivity index (χ3n) is 2.03. The molecule has 0 bridgehead atoms. The van der Waals surface area contributed by atoms with Crippen molar-refractivity contribution in [3.8, 4) is 11.5 Å². The Morgan fingerprint density at radius 3 is 2.71 bits per heavy atom. The van der Waals surface area contributed by atoms with Crippen LogP contribution in [0.5, 0.6) is 0 Å². The number of hydrogen-bond acceptors (Lipinski definition) is 5. The molecule has 0 fully saturated rings. The van der Waals surface area contributed by atoms with Crippen LogP contribution >= 0.6 is 15.9 Å². The highest BCUT2D eigenvalue weighted by atomic mass is 79.9. The maximum atomic E-state index is 11.0. The van der Waals surface area contributed by atoms with Gasteiger partial charge in [-0.2, -0.15) is 0 Å². The van der Waals surface area contributed by atoms with E-state index in [1.807, 2.05) is 29.7 Å². The van der Waals surface area contributed by atoms with Crippen LogP contribution in [0.15, 0.2) is 33.2 Å². The number of nitrogens with two attached hydrogens (primary N) is 1. The van der Waals surface area contributed by atoms with E-state index in [2.05, 4.69) is 26.1 Å². The minimum Gasteiger partial charge on any atom is -0.420 e. The summed E-state index contributed by atoms with van der Waals surface area (Å²) in [7, 11) is 0. The van der Waals surface area contributed by atoms with Gasteiger partial charge in [-0.1, -0.05) is 15.9 Å². The fourth-order valence-corrected chi connectivity index (χ4v) is 1.49. The summed E-state index contributed by atoms with van der Waals surface area (Å²) in [4.78, 5) is 11.0. The minimum atomic E-state index is -0.379. The molecule has 6 nitrogen and oxygen atoms in total. The number of halogens is 1. The Morgan fingerprint density at radius 2 is 2.06 bits per heavy atom. The molecule has 0 atom stereocenters. The van der Waals surface area contributed by atoms with Gasteiger partial charge in [-0.25, -0.2) is 5.84 Å². The Kier molecular flexibility index (Phi) is 3.50. The van der Waals surface area contributed by atoms with Crippen molar-refractivity contribution in [1.82, 2.24) is 15.6 Å². The highest BCUT2D eigenvalue weighted by Crippen LogP contribution is 2.20. The van der Waals surface area contributed by atoms with Crippen LogP contribution in [-0.4, -0.2) is 16.1 Å². The zero-order valence-electron chi connectivity index (χ0n) is 8.68. The number of carbonyl (C=O) groups is 1. The number of hydrogen-bond donors (Lipinski definition) is 2. The standard InChI is InChI=1S/C10H9BrN4O2/c11-7-3-1-6(2-4-7)10-15-14-9(17-10)5-8(16)13-12/h1-4H,5,12H2,(H,13,16). The van der Waals surface area contributed by atoms with Gasteiger partial charge < -0.3 is 4.42 Å². The van der Waals surface area contributed by atoms with Gasteiger partial charge in [0, 0.05) is 10.0 Å². The van der Waals surface area contributed by atoms with Crippen molar-refractivity contribution >= 4 is 21.8 Å². The number of benzene rings is 1. The van der Waals surface area contributed by atoms with Gasteiger partial charge in [0.2, 0.25) is 17.7 Å². The van der Waals surface area contributed by atoms with Crippen molar-refractivity contribution in [3.05, 3.63) is 34.6 Å². The van der Waals surface area contributed by atoms with Gasteiger partial charge in [0.05, 0.1) is 0 Å². The molecule has 0 unspecified atom stereocenters. The van der Waals surface area contributed by atoms with E-state index in [0.717, 1.165) is 10.0 Å². The zero-order valence-corrected chi connectivity index (χ0v) is 10.3. The van der Waals surface area contributed by atoms with Gasteiger partial charge in [-0.3, -0.25) is 10.2 Å². The predicted molar refractivity (Wildman–Crippen MR) is 63.5 cm³/mol. The summed E-state index contributed by atoms with van der Waals surface area (Å²) in [6.45, 7) is 0. The first-order valence-electron chi connectivity index (χ1n) is 4.77. The van der Waals surface area contributed by atoms with E-state index in [-0.39, 0.29) is 18.2 Å². The van der Waals surface area contributed by atoms with Gasteiger partial charge in [0.25, 0.3) is 0 Å². The van der Waals surface area contributed by atoms with Crippen LogP contribution in [0.4, 0.5) is 0 Å². The molecule has 1 heterocycles. The summed E-state index contributed by atoms with van der Waals surface area (Å²) in [5, 5.41) is 7.61. The van der Waals surface area contributed by atoms with E-state index in [1.165, 1.54) is 0 Å². The van der Waals surface area contributed by atoms with Crippen molar-refractivity contribution in [2.24, 2.45) is 5.84 Å².